The highest BCUT2D eigenvalue weighted by Crippen LogP contribution is 2.58. The molecule has 0 fully saturated rings. The summed E-state index contributed by atoms with van der Waals surface area (Å²) in [4.78, 5) is 17.0. The Balaban J connectivity index is 0.928. The third-order valence-electron chi connectivity index (χ3n) is 17.9. The summed E-state index contributed by atoms with van der Waals surface area (Å²) in [5, 5.41) is 10.2. The molecule has 0 saturated carbocycles. The zero-order valence-electron chi connectivity index (χ0n) is 45.2. The van der Waals surface area contributed by atoms with Crippen LogP contribution in [0.3, 0.4) is 0 Å². The van der Waals surface area contributed by atoms with Crippen LogP contribution in [0.2, 0.25) is 0 Å². The maximum absolute atomic E-state index is 5.70. The van der Waals surface area contributed by atoms with Crippen molar-refractivity contribution in [1.82, 2.24) is 24.1 Å². The molecule has 388 valence electrons. The highest BCUT2D eigenvalue weighted by atomic mass is 28.3. The number of benzene rings is 12. The van der Waals surface area contributed by atoms with E-state index in [2.05, 4.69) is 306 Å². The minimum absolute atomic E-state index is 0.0188. The summed E-state index contributed by atoms with van der Waals surface area (Å²) in [6.07, 6.45) is 0. The van der Waals surface area contributed by atoms with E-state index in [9.17, 15) is 0 Å². The first kappa shape index (κ1) is 47.3. The Labute approximate surface area is 481 Å². The standard InChI is InChI=1S/C77H51N5Si/c1-4-26-50(27-5-1)83(51-28-6-2-7-29-51,52-30-8-3-9-31-52)70-49-25-43-64-71-59-37-11-12-38-60(59)74(73(64)70)72-58(41-24-42-63(71)72)53-32-10-13-39-61(53)75-78-76(80-77(79-75)82-67-46-21-16-35-56(67)57-36-17-22-47-68(57)82)62-40-18-23-48-69(62)81-65-44-19-14-33-54(65)55-34-15-20-45-66(55)81/h1-49,71,74H. The monoisotopic (exact) mass is 1070 g/mol. The molecule has 0 spiro atoms. The van der Waals surface area contributed by atoms with Gasteiger partial charge in [-0.05, 0) is 102 Å². The maximum atomic E-state index is 5.70. The minimum atomic E-state index is -3.02. The number of para-hydroxylation sites is 5. The predicted octanol–water partition coefficient (Wildman–Crippen LogP) is 15.4. The SMILES string of the molecule is c1ccc([Si](c2ccccc2)(c2ccccc2)c2cccc3c2C2c4ccccc4C3c3cccc(-c4ccccc4-c4nc(-c5ccccc5-n5c6ccccc6c6ccccc65)nc(-n5c6ccccc6c6ccccc65)n4)c32)cc1. The Kier molecular flexibility index (Phi) is 10.7. The van der Waals surface area contributed by atoms with E-state index in [1.807, 2.05) is 0 Å². The van der Waals surface area contributed by atoms with Crippen molar-refractivity contribution >= 4 is 72.4 Å². The topological polar surface area (TPSA) is 48.5 Å². The molecule has 3 aromatic heterocycles. The van der Waals surface area contributed by atoms with E-state index in [0.717, 1.165) is 55.2 Å². The Morgan fingerprint density at radius 2 is 0.651 bits per heavy atom. The Morgan fingerprint density at radius 3 is 1.20 bits per heavy atom. The molecule has 6 heteroatoms. The van der Waals surface area contributed by atoms with Crippen LogP contribution in [0.5, 0.6) is 0 Å². The van der Waals surface area contributed by atoms with E-state index >= 15 is 0 Å². The fourth-order valence-corrected chi connectivity index (χ4v) is 19.7. The molecular formula is C77H51N5Si. The van der Waals surface area contributed by atoms with Crippen molar-refractivity contribution in [1.29, 1.82) is 0 Å². The molecule has 0 radical (unpaired) electrons. The third-order valence-corrected chi connectivity index (χ3v) is 22.8. The van der Waals surface area contributed by atoms with E-state index < -0.39 is 8.07 Å². The molecule has 0 amide bonds. The molecule has 2 unspecified atom stereocenters. The first-order chi connectivity index (χ1) is 41.2. The number of hydrogen-bond acceptors (Lipinski definition) is 3. The number of fused-ring (bicyclic) bond motifs is 6. The summed E-state index contributed by atoms with van der Waals surface area (Å²) >= 11 is 0. The molecular weight excluding hydrogens is 1020 g/mol. The molecule has 3 aliphatic carbocycles. The second kappa shape index (κ2) is 18.8. The van der Waals surface area contributed by atoms with Crippen LogP contribution < -0.4 is 20.7 Å². The molecule has 3 aliphatic rings. The first-order valence-corrected chi connectivity index (χ1v) is 30.7. The molecule has 0 N–H and O–H groups in total. The average molecular weight is 1070 g/mol. The van der Waals surface area contributed by atoms with Gasteiger partial charge in [-0.15, -0.1) is 0 Å². The van der Waals surface area contributed by atoms with Gasteiger partial charge in [-0.2, -0.15) is 9.97 Å². The van der Waals surface area contributed by atoms with Gasteiger partial charge in [-0.3, -0.25) is 4.57 Å². The number of hydrogen-bond donors (Lipinski definition) is 0. The van der Waals surface area contributed by atoms with Gasteiger partial charge < -0.3 is 4.57 Å². The molecule has 12 aromatic carbocycles. The normalized spacial score (nSPS) is 14.3. The second-order valence-corrected chi connectivity index (χ2v) is 25.8. The molecule has 5 nitrogen and oxygen atoms in total. The van der Waals surface area contributed by atoms with E-state index in [4.69, 9.17) is 15.0 Å². The van der Waals surface area contributed by atoms with Crippen molar-refractivity contribution in [2.75, 3.05) is 0 Å². The van der Waals surface area contributed by atoms with Crippen LogP contribution in [0.15, 0.2) is 297 Å². The summed E-state index contributed by atoms with van der Waals surface area (Å²) in [7, 11) is -3.02. The van der Waals surface area contributed by atoms with Crippen molar-refractivity contribution < 1.29 is 0 Å². The van der Waals surface area contributed by atoms with Crippen molar-refractivity contribution in [3.63, 3.8) is 0 Å². The third kappa shape index (κ3) is 6.97. The van der Waals surface area contributed by atoms with E-state index in [0.29, 0.717) is 17.6 Å². The zero-order chi connectivity index (χ0) is 54.6. The van der Waals surface area contributed by atoms with Crippen LogP contribution in [0, 0.1) is 0 Å². The van der Waals surface area contributed by atoms with Crippen LogP contribution in [-0.4, -0.2) is 32.2 Å². The summed E-state index contributed by atoms with van der Waals surface area (Å²) < 4.78 is 4.60. The van der Waals surface area contributed by atoms with Crippen LogP contribution in [0.25, 0.3) is 89.2 Å². The molecule has 15 aromatic rings. The highest BCUT2D eigenvalue weighted by molar-refractivity contribution is 7.20. The van der Waals surface area contributed by atoms with Crippen LogP contribution in [0.4, 0.5) is 0 Å². The van der Waals surface area contributed by atoms with Crippen molar-refractivity contribution in [3.05, 3.63) is 331 Å². The Hall–Kier alpha value is -10.5. The van der Waals surface area contributed by atoms with E-state index in [1.165, 1.54) is 70.5 Å². The lowest BCUT2D eigenvalue weighted by atomic mass is 9.60. The molecule has 0 saturated heterocycles. The molecule has 18 rings (SSSR count). The number of rotatable bonds is 9. The van der Waals surface area contributed by atoms with Gasteiger partial charge in [0.1, 0.15) is 0 Å². The van der Waals surface area contributed by atoms with Gasteiger partial charge in [-0.1, -0.05) is 261 Å². The summed E-state index contributed by atoms with van der Waals surface area (Å²) in [6, 6.07) is 110. The van der Waals surface area contributed by atoms with Gasteiger partial charge in [0, 0.05) is 44.5 Å². The molecule has 2 bridgehead atoms. The second-order valence-electron chi connectivity index (χ2n) is 22.0. The van der Waals surface area contributed by atoms with Gasteiger partial charge in [0.25, 0.3) is 0 Å². The number of nitrogens with zero attached hydrogens (tertiary/aromatic N) is 5. The Morgan fingerprint density at radius 1 is 0.265 bits per heavy atom. The largest absolute Gasteiger partial charge is 0.309 e. The lowest BCUT2D eigenvalue weighted by Crippen LogP contribution is -2.75. The van der Waals surface area contributed by atoms with Crippen LogP contribution in [0.1, 0.15) is 45.2 Å². The Bertz CT molecular complexity index is 4860. The van der Waals surface area contributed by atoms with Crippen molar-refractivity contribution in [3.8, 4) is 45.5 Å². The smallest absolute Gasteiger partial charge is 0.238 e. The fourth-order valence-electron chi connectivity index (χ4n) is 14.7. The van der Waals surface area contributed by atoms with Gasteiger partial charge in [0.15, 0.2) is 19.7 Å². The molecule has 3 heterocycles. The van der Waals surface area contributed by atoms with Crippen LogP contribution >= 0.6 is 0 Å². The predicted molar refractivity (Wildman–Crippen MR) is 343 cm³/mol. The molecule has 83 heavy (non-hydrogen) atoms. The number of aromatic nitrogens is 5. The van der Waals surface area contributed by atoms with E-state index in [-0.39, 0.29) is 11.8 Å². The lowest BCUT2D eigenvalue weighted by molar-refractivity contribution is 0.760. The van der Waals surface area contributed by atoms with E-state index in [1.54, 1.807) is 0 Å². The summed E-state index contributed by atoms with van der Waals surface area (Å²) in [6.45, 7) is 0. The van der Waals surface area contributed by atoms with Gasteiger partial charge in [-0.25, -0.2) is 4.98 Å². The zero-order valence-corrected chi connectivity index (χ0v) is 46.2. The average Bonchev–Trinajstić information content (AvgIpc) is 1.86. The maximum Gasteiger partial charge on any atom is 0.238 e. The van der Waals surface area contributed by atoms with Crippen LogP contribution in [-0.2, 0) is 0 Å². The first-order valence-electron chi connectivity index (χ1n) is 28.7. The highest BCUT2D eigenvalue weighted by Gasteiger charge is 2.50. The summed E-state index contributed by atoms with van der Waals surface area (Å²) in [5.41, 5.74) is 17.6. The minimum Gasteiger partial charge on any atom is -0.309 e. The fraction of sp³-hybridized carbons (Fsp3) is 0.0260. The lowest BCUT2D eigenvalue weighted by Gasteiger charge is -2.47. The van der Waals surface area contributed by atoms with Gasteiger partial charge in [0.05, 0.1) is 27.8 Å². The van der Waals surface area contributed by atoms with Gasteiger partial charge in [0.2, 0.25) is 5.95 Å². The molecule has 2 atom stereocenters. The summed E-state index contributed by atoms with van der Waals surface area (Å²) in [5.74, 6) is 1.68. The van der Waals surface area contributed by atoms with Gasteiger partial charge >= 0.3 is 0 Å². The quantitative estimate of drug-likeness (QED) is 0.107. The van der Waals surface area contributed by atoms with Crippen molar-refractivity contribution in [2.24, 2.45) is 0 Å². The molecule has 0 aliphatic heterocycles. The van der Waals surface area contributed by atoms with Crippen molar-refractivity contribution in [2.45, 2.75) is 11.8 Å².